The van der Waals surface area contributed by atoms with Crippen molar-refractivity contribution in [2.24, 2.45) is 0 Å². The third kappa shape index (κ3) is 1.57. The molecule has 1 aromatic heterocycles. The second-order valence-corrected chi connectivity index (χ2v) is 4.19. The highest BCUT2D eigenvalue weighted by Gasteiger charge is 2.22. The Morgan fingerprint density at radius 3 is 2.69 bits per heavy atom. The Bertz CT molecular complexity index is 439. The Hall–Kier alpha value is -1.49. The summed E-state index contributed by atoms with van der Waals surface area (Å²) >= 11 is 5.92. The van der Waals surface area contributed by atoms with Gasteiger partial charge in [-0.05, 0) is 24.4 Å². The summed E-state index contributed by atoms with van der Waals surface area (Å²) in [6, 6.07) is 0. The molecule has 0 amide bonds. The van der Waals surface area contributed by atoms with Crippen LogP contribution in [0.5, 0.6) is 0 Å². The zero-order valence-electron chi connectivity index (χ0n) is 8.70. The molecule has 2 aliphatic heterocycles. The summed E-state index contributed by atoms with van der Waals surface area (Å²) < 4.78 is 0. The minimum atomic E-state index is 0.283. The van der Waals surface area contributed by atoms with Gasteiger partial charge < -0.3 is 15.5 Å². The van der Waals surface area contributed by atoms with Crippen LogP contribution in [-0.2, 0) is 0 Å². The highest BCUT2D eigenvalue weighted by atomic mass is 35.5. The molecule has 5 nitrogen and oxygen atoms in total. The molecule has 0 atom stereocenters. The Labute approximate surface area is 98.5 Å². The lowest BCUT2D eigenvalue weighted by molar-refractivity contribution is 0.929. The van der Waals surface area contributed by atoms with Crippen LogP contribution in [0.4, 0.5) is 17.3 Å². The first-order valence-corrected chi connectivity index (χ1v) is 5.73. The number of anilines is 3. The lowest BCUT2D eigenvalue weighted by Gasteiger charge is -2.23. The van der Waals surface area contributed by atoms with Crippen LogP contribution >= 0.6 is 11.6 Å². The largest absolute Gasteiger partial charge is 0.355 e. The van der Waals surface area contributed by atoms with E-state index in [-0.39, 0.29) is 5.28 Å². The van der Waals surface area contributed by atoms with Gasteiger partial charge in [-0.1, -0.05) is 0 Å². The van der Waals surface area contributed by atoms with Crippen molar-refractivity contribution in [1.29, 1.82) is 0 Å². The first kappa shape index (κ1) is 9.72. The Morgan fingerprint density at radius 2 is 1.88 bits per heavy atom. The summed E-state index contributed by atoms with van der Waals surface area (Å²) in [5.74, 6) is 1.63. The highest BCUT2D eigenvalue weighted by Crippen LogP contribution is 2.34. The fourth-order valence-corrected chi connectivity index (χ4v) is 2.23. The molecule has 0 spiro atoms. The van der Waals surface area contributed by atoms with Crippen LogP contribution in [0, 0.1) is 0 Å². The number of fused-ring (bicyclic) bond motifs is 1. The third-order valence-electron chi connectivity index (χ3n) is 2.80. The van der Waals surface area contributed by atoms with Crippen molar-refractivity contribution in [3.05, 3.63) is 17.7 Å². The van der Waals surface area contributed by atoms with Crippen LogP contribution < -0.4 is 15.5 Å². The van der Waals surface area contributed by atoms with Gasteiger partial charge in [0.05, 0.1) is 0 Å². The molecule has 3 rings (SSSR count). The maximum absolute atomic E-state index is 5.92. The molecule has 6 heteroatoms. The molecule has 2 N–H and O–H groups in total. The summed E-state index contributed by atoms with van der Waals surface area (Å²) in [7, 11) is 0. The molecule has 0 aliphatic carbocycles. The molecule has 0 unspecified atom stereocenters. The van der Waals surface area contributed by atoms with Crippen LogP contribution in [0.1, 0.15) is 12.8 Å². The molecule has 0 radical (unpaired) electrons. The molecule has 3 heterocycles. The minimum absolute atomic E-state index is 0.283. The molecule has 0 bridgehead atoms. The monoisotopic (exact) mass is 237 g/mol. The lowest BCUT2D eigenvalue weighted by atomic mass is 10.3. The standard InChI is InChI=1S/C10H12ClN5/c11-10-14-8-7(12-3-4-13-8)9(15-10)16-5-1-2-6-16/h3-4,12H,1-2,5-6H2,(H,13,14,15). The van der Waals surface area contributed by atoms with Crippen molar-refractivity contribution < 1.29 is 0 Å². The molecule has 0 saturated carbocycles. The smallest absolute Gasteiger partial charge is 0.226 e. The number of aromatic nitrogens is 2. The van der Waals surface area contributed by atoms with Gasteiger partial charge in [0.15, 0.2) is 11.6 Å². The van der Waals surface area contributed by atoms with E-state index in [9.17, 15) is 0 Å². The van der Waals surface area contributed by atoms with Crippen LogP contribution in [-0.4, -0.2) is 23.1 Å². The molecule has 0 aromatic carbocycles. The van der Waals surface area contributed by atoms with Gasteiger partial charge in [0.25, 0.3) is 0 Å². The number of rotatable bonds is 1. The van der Waals surface area contributed by atoms with Crippen LogP contribution in [0.15, 0.2) is 12.4 Å². The normalized spacial score (nSPS) is 17.9. The van der Waals surface area contributed by atoms with Gasteiger partial charge >= 0.3 is 0 Å². The van der Waals surface area contributed by atoms with E-state index in [4.69, 9.17) is 11.6 Å². The van der Waals surface area contributed by atoms with Gasteiger partial charge in [-0.2, -0.15) is 9.97 Å². The Morgan fingerprint density at radius 1 is 1.12 bits per heavy atom. The maximum Gasteiger partial charge on any atom is 0.226 e. The van der Waals surface area contributed by atoms with Crippen molar-refractivity contribution in [2.45, 2.75) is 12.8 Å². The van der Waals surface area contributed by atoms with Gasteiger partial charge in [-0.3, -0.25) is 0 Å². The van der Waals surface area contributed by atoms with E-state index in [1.807, 2.05) is 6.20 Å². The predicted molar refractivity (Wildman–Crippen MR) is 64.9 cm³/mol. The molecule has 1 fully saturated rings. The average Bonchev–Trinajstić information content (AvgIpc) is 2.81. The van der Waals surface area contributed by atoms with Gasteiger partial charge in [-0.15, -0.1) is 0 Å². The first-order valence-electron chi connectivity index (χ1n) is 5.35. The molecule has 16 heavy (non-hydrogen) atoms. The fourth-order valence-electron chi connectivity index (χ4n) is 2.06. The average molecular weight is 238 g/mol. The topological polar surface area (TPSA) is 53.1 Å². The third-order valence-corrected chi connectivity index (χ3v) is 2.97. The first-order chi connectivity index (χ1) is 7.84. The van der Waals surface area contributed by atoms with E-state index in [1.165, 1.54) is 12.8 Å². The SMILES string of the molecule is Clc1nc2c(c(N3CCCC3)n1)NC=CN2. The summed E-state index contributed by atoms with van der Waals surface area (Å²) in [5.41, 5.74) is 0.911. The van der Waals surface area contributed by atoms with Crippen LogP contribution in [0.2, 0.25) is 5.28 Å². The van der Waals surface area contributed by atoms with Gasteiger partial charge in [0.1, 0.15) is 5.69 Å². The minimum Gasteiger partial charge on any atom is -0.355 e. The fraction of sp³-hybridized carbons (Fsp3) is 0.400. The maximum atomic E-state index is 5.92. The van der Waals surface area contributed by atoms with Crippen molar-refractivity contribution in [2.75, 3.05) is 28.6 Å². The number of halogens is 1. The van der Waals surface area contributed by atoms with Gasteiger partial charge in [0.2, 0.25) is 5.28 Å². The van der Waals surface area contributed by atoms with E-state index in [1.54, 1.807) is 6.20 Å². The number of hydrogen-bond acceptors (Lipinski definition) is 5. The molecule has 1 aromatic rings. The van der Waals surface area contributed by atoms with E-state index >= 15 is 0 Å². The number of hydrogen-bond donors (Lipinski definition) is 2. The zero-order valence-corrected chi connectivity index (χ0v) is 9.46. The van der Waals surface area contributed by atoms with Crippen LogP contribution in [0.3, 0.4) is 0 Å². The highest BCUT2D eigenvalue weighted by molar-refractivity contribution is 6.28. The summed E-state index contributed by atoms with van der Waals surface area (Å²) in [6.45, 7) is 2.07. The van der Waals surface area contributed by atoms with E-state index < -0.39 is 0 Å². The summed E-state index contributed by atoms with van der Waals surface area (Å²) in [6.07, 6.45) is 6.04. The Kier molecular flexibility index (Phi) is 2.32. The molecule has 1 saturated heterocycles. The summed E-state index contributed by atoms with van der Waals surface area (Å²) in [4.78, 5) is 10.7. The summed E-state index contributed by atoms with van der Waals surface area (Å²) in [5, 5.41) is 6.51. The van der Waals surface area contributed by atoms with E-state index in [2.05, 4.69) is 25.5 Å². The number of nitrogens with zero attached hydrogens (tertiary/aromatic N) is 3. The molecular weight excluding hydrogens is 226 g/mol. The predicted octanol–water partition coefficient (Wildman–Crippen LogP) is 2.04. The second-order valence-electron chi connectivity index (χ2n) is 3.86. The number of nitrogens with one attached hydrogen (secondary N) is 2. The Balaban J connectivity index is 2.06. The molecule has 84 valence electrons. The van der Waals surface area contributed by atoms with Crippen molar-refractivity contribution >= 4 is 28.9 Å². The van der Waals surface area contributed by atoms with Crippen LogP contribution in [0.25, 0.3) is 0 Å². The van der Waals surface area contributed by atoms with Crippen molar-refractivity contribution in [3.63, 3.8) is 0 Å². The van der Waals surface area contributed by atoms with Gasteiger partial charge in [-0.25, -0.2) is 0 Å². The lowest BCUT2D eigenvalue weighted by Crippen LogP contribution is -2.22. The quantitative estimate of drug-likeness (QED) is 0.732. The zero-order chi connectivity index (χ0) is 11.0. The second kappa shape index (κ2) is 3.83. The van der Waals surface area contributed by atoms with Crippen molar-refractivity contribution in [3.8, 4) is 0 Å². The van der Waals surface area contributed by atoms with Gasteiger partial charge in [0, 0.05) is 25.5 Å². The molecular formula is C10H12ClN5. The van der Waals surface area contributed by atoms with E-state index in [0.717, 1.165) is 30.4 Å². The molecule has 2 aliphatic rings. The van der Waals surface area contributed by atoms with Crippen molar-refractivity contribution in [1.82, 2.24) is 9.97 Å². The van der Waals surface area contributed by atoms with E-state index in [0.29, 0.717) is 0 Å².